The molecule has 19 heavy (non-hydrogen) atoms. The summed E-state index contributed by atoms with van der Waals surface area (Å²) in [5.41, 5.74) is 0.757. The van der Waals surface area contributed by atoms with Crippen molar-refractivity contribution in [1.82, 2.24) is 14.8 Å². The predicted molar refractivity (Wildman–Crippen MR) is 77.3 cm³/mol. The Balaban J connectivity index is 2.11. The molecule has 0 fully saturated rings. The highest BCUT2D eigenvalue weighted by atomic mass is 79.9. The van der Waals surface area contributed by atoms with Gasteiger partial charge in [-0.2, -0.15) is 5.10 Å². The van der Waals surface area contributed by atoms with Crippen LogP contribution in [0.3, 0.4) is 0 Å². The van der Waals surface area contributed by atoms with Crippen LogP contribution in [0.1, 0.15) is 18.7 Å². The monoisotopic (exact) mass is 342 g/mol. The number of hydrogen-bond donors (Lipinski definition) is 1. The maximum absolute atomic E-state index is 12.1. The van der Waals surface area contributed by atoms with Crippen LogP contribution in [0.4, 0.5) is 5.82 Å². The minimum absolute atomic E-state index is 0.197. The van der Waals surface area contributed by atoms with E-state index in [0.717, 1.165) is 10.2 Å². The highest BCUT2D eigenvalue weighted by molar-refractivity contribution is 9.10. The molecule has 2 heterocycles. The van der Waals surface area contributed by atoms with Crippen molar-refractivity contribution in [2.24, 2.45) is 0 Å². The van der Waals surface area contributed by atoms with E-state index in [2.05, 4.69) is 31.3 Å². The highest BCUT2D eigenvalue weighted by Crippen LogP contribution is 2.19. The largest absolute Gasteiger partial charge is 0.309 e. The lowest BCUT2D eigenvalue weighted by Gasteiger charge is -2.14. The Hall–Kier alpha value is -1.40. The van der Waals surface area contributed by atoms with E-state index in [4.69, 9.17) is 11.6 Å². The summed E-state index contributed by atoms with van der Waals surface area (Å²) in [5.74, 6) is 0.300. The summed E-state index contributed by atoms with van der Waals surface area (Å²) in [7, 11) is 0. The second kappa shape index (κ2) is 5.71. The smallest absolute Gasteiger partial charge is 0.250 e. The van der Waals surface area contributed by atoms with Crippen molar-refractivity contribution in [3.63, 3.8) is 0 Å². The van der Waals surface area contributed by atoms with Crippen molar-refractivity contribution >= 4 is 39.3 Å². The van der Waals surface area contributed by atoms with E-state index < -0.39 is 6.04 Å². The molecule has 100 valence electrons. The second-order valence-corrected chi connectivity index (χ2v) is 5.37. The topological polar surface area (TPSA) is 59.8 Å². The van der Waals surface area contributed by atoms with E-state index in [1.54, 1.807) is 23.9 Å². The summed E-state index contributed by atoms with van der Waals surface area (Å²) in [4.78, 5) is 16.2. The zero-order valence-corrected chi connectivity index (χ0v) is 12.7. The molecule has 0 aliphatic heterocycles. The van der Waals surface area contributed by atoms with Crippen molar-refractivity contribution in [1.29, 1.82) is 0 Å². The molecule has 0 saturated carbocycles. The molecule has 0 aromatic carbocycles. The first kappa shape index (κ1) is 14.0. The van der Waals surface area contributed by atoms with Gasteiger partial charge in [-0.25, -0.2) is 4.98 Å². The van der Waals surface area contributed by atoms with Gasteiger partial charge in [0.15, 0.2) is 0 Å². The Labute approximate surface area is 124 Å². The van der Waals surface area contributed by atoms with Crippen LogP contribution >= 0.6 is 27.5 Å². The van der Waals surface area contributed by atoms with Crippen molar-refractivity contribution in [3.8, 4) is 0 Å². The lowest BCUT2D eigenvalue weighted by Crippen LogP contribution is -2.25. The number of nitrogens with one attached hydrogen (secondary N) is 1. The van der Waals surface area contributed by atoms with Gasteiger partial charge in [-0.15, -0.1) is 0 Å². The average molecular weight is 344 g/mol. The van der Waals surface area contributed by atoms with Gasteiger partial charge in [-0.05, 0) is 41.9 Å². The average Bonchev–Trinajstić information content (AvgIpc) is 2.72. The molecule has 5 nitrogen and oxygen atoms in total. The number of nitrogens with zero attached hydrogens (tertiary/aromatic N) is 3. The molecule has 2 rings (SSSR count). The minimum Gasteiger partial charge on any atom is -0.309 e. The van der Waals surface area contributed by atoms with Crippen LogP contribution in [0.25, 0.3) is 0 Å². The fourth-order valence-corrected chi connectivity index (χ4v) is 1.95. The zero-order valence-electron chi connectivity index (χ0n) is 10.4. The third kappa shape index (κ3) is 3.13. The van der Waals surface area contributed by atoms with Gasteiger partial charge in [0.25, 0.3) is 0 Å². The molecule has 0 saturated heterocycles. The van der Waals surface area contributed by atoms with E-state index in [-0.39, 0.29) is 5.91 Å². The standard InChI is InChI=1S/C12H12BrClN4O/c1-7-10(14)6-16-18(7)8(2)12(19)17-11-4-3-9(13)5-15-11/h3-6,8H,1-2H3,(H,15,17,19). The number of rotatable bonds is 3. The molecule has 1 amide bonds. The molecule has 1 N–H and O–H groups in total. The van der Waals surface area contributed by atoms with E-state index in [0.29, 0.717) is 10.8 Å². The Bertz CT molecular complexity index is 596. The van der Waals surface area contributed by atoms with E-state index in [1.807, 2.05) is 13.0 Å². The molecular formula is C12H12BrClN4O. The van der Waals surface area contributed by atoms with Crippen LogP contribution in [-0.4, -0.2) is 20.7 Å². The molecule has 1 atom stereocenters. The molecule has 2 aromatic rings. The summed E-state index contributed by atoms with van der Waals surface area (Å²) >= 11 is 9.21. The molecule has 0 bridgehead atoms. The van der Waals surface area contributed by atoms with E-state index >= 15 is 0 Å². The first-order chi connectivity index (χ1) is 8.99. The number of amides is 1. The number of anilines is 1. The first-order valence-corrected chi connectivity index (χ1v) is 6.78. The fraction of sp³-hybridized carbons (Fsp3) is 0.250. The Morgan fingerprint density at radius 2 is 2.21 bits per heavy atom. The van der Waals surface area contributed by atoms with Gasteiger partial charge in [0, 0.05) is 10.7 Å². The van der Waals surface area contributed by atoms with Gasteiger partial charge in [0.2, 0.25) is 5.91 Å². The fourth-order valence-electron chi connectivity index (χ4n) is 1.58. The van der Waals surface area contributed by atoms with Crippen LogP contribution in [0.15, 0.2) is 29.0 Å². The third-order valence-corrected chi connectivity index (χ3v) is 3.55. The van der Waals surface area contributed by atoms with Gasteiger partial charge >= 0.3 is 0 Å². The van der Waals surface area contributed by atoms with E-state index in [1.165, 1.54) is 6.20 Å². The number of hydrogen-bond acceptors (Lipinski definition) is 3. The van der Waals surface area contributed by atoms with Crippen molar-refractivity contribution in [2.45, 2.75) is 19.9 Å². The molecule has 7 heteroatoms. The summed E-state index contributed by atoms with van der Waals surface area (Å²) in [6, 6.07) is 3.07. The number of carbonyl (C=O) groups excluding carboxylic acids is 1. The molecule has 2 aromatic heterocycles. The minimum atomic E-state index is -0.460. The number of aromatic nitrogens is 3. The Morgan fingerprint density at radius 3 is 2.74 bits per heavy atom. The second-order valence-electron chi connectivity index (χ2n) is 4.05. The molecule has 1 unspecified atom stereocenters. The summed E-state index contributed by atoms with van der Waals surface area (Å²) in [6.07, 6.45) is 3.15. The molecule has 0 aliphatic carbocycles. The van der Waals surface area contributed by atoms with Gasteiger partial charge in [0.05, 0.1) is 16.9 Å². The van der Waals surface area contributed by atoms with E-state index in [9.17, 15) is 4.79 Å². The number of halogens is 2. The maximum atomic E-state index is 12.1. The lowest BCUT2D eigenvalue weighted by molar-refractivity contribution is -0.119. The summed E-state index contributed by atoms with van der Waals surface area (Å²) in [5, 5.41) is 7.36. The predicted octanol–water partition coefficient (Wildman–Crippen LogP) is 3.20. The van der Waals surface area contributed by atoms with Crippen LogP contribution in [-0.2, 0) is 4.79 Å². The lowest BCUT2D eigenvalue weighted by atomic mass is 10.3. The van der Waals surface area contributed by atoms with Gasteiger partial charge in [0.1, 0.15) is 11.9 Å². The van der Waals surface area contributed by atoms with Gasteiger partial charge in [-0.1, -0.05) is 11.6 Å². The number of pyridine rings is 1. The van der Waals surface area contributed by atoms with Crippen LogP contribution in [0, 0.1) is 6.92 Å². The summed E-state index contributed by atoms with van der Waals surface area (Å²) < 4.78 is 2.43. The first-order valence-electron chi connectivity index (χ1n) is 5.61. The van der Waals surface area contributed by atoms with Crippen LogP contribution < -0.4 is 5.32 Å². The molecular weight excluding hydrogens is 332 g/mol. The third-order valence-electron chi connectivity index (χ3n) is 2.71. The van der Waals surface area contributed by atoms with Crippen LogP contribution in [0.2, 0.25) is 5.02 Å². The van der Waals surface area contributed by atoms with Crippen LogP contribution in [0.5, 0.6) is 0 Å². The van der Waals surface area contributed by atoms with Crippen molar-refractivity contribution in [3.05, 3.63) is 39.7 Å². The van der Waals surface area contributed by atoms with Crippen molar-refractivity contribution in [2.75, 3.05) is 5.32 Å². The highest BCUT2D eigenvalue weighted by Gasteiger charge is 2.19. The van der Waals surface area contributed by atoms with Gasteiger partial charge < -0.3 is 5.32 Å². The SMILES string of the molecule is Cc1c(Cl)cnn1C(C)C(=O)Nc1ccc(Br)cn1. The number of carbonyl (C=O) groups is 1. The zero-order chi connectivity index (χ0) is 14.0. The van der Waals surface area contributed by atoms with Gasteiger partial charge in [-0.3, -0.25) is 9.48 Å². The quantitative estimate of drug-likeness (QED) is 0.931. The molecule has 0 radical (unpaired) electrons. The Kier molecular flexibility index (Phi) is 4.21. The maximum Gasteiger partial charge on any atom is 0.250 e. The Morgan fingerprint density at radius 1 is 1.47 bits per heavy atom. The summed E-state index contributed by atoms with van der Waals surface area (Å²) in [6.45, 7) is 3.57. The van der Waals surface area contributed by atoms with Crippen molar-refractivity contribution < 1.29 is 4.79 Å². The molecule has 0 spiro atoms. The normalized spacial score (nSPS) is 12.2. The molecule has 0 aliphatic rings.